The highest BCUT2D eigenvalue weighted by molar-refractivity contribution is 5.85. The van der Waals surface area contributed by atoms with Crippen molar-refractivity contribution in [2.75, 3.05) is 20.2 Å². The lowest BCUT2D eigenvalue weighted by Crippen LogP contribution is -2.34. The van der Waals surface area contributed by atoms with Gasteiger partial charge in [-0.05, 0) is 32.0 Å². The number of nitrogens with zero attached hydrogens (tertiary/aromatic N) is 1. The van der Waals surface area contributed by atoms with Gasteiger partial charge in [0, 0.05) is 12.1 Å². The van der Waals surface area contributed by atoms with Crippen LogP contribution in [0.1, 0.15) is 12.8 Å². The van der Waals surface area contributed by atoms with Crippen LogP contribution in [0.4, 0.5) is 5.69 Å². The Bertz CT molecular complexity index is 436. The van der Waals surface area contributed by atoms with Crippen LogP contribution in [0.5, 0.6) is 11.5 Å². The largest absolute Gasteiger partial charge is 0.490 e. The van der Waals surface area contributed by atoms with Gasteiger partial charge < -0.3 is 14.8 Å². The van der Waals surface area contributed by atoms with E-state index in [4.69, 9.17) is 9.47 Å². The fourth-order valence-corrected chi connectivity index (χ4v) is 1.99. The lowest BCUT2D eigenvalue weighted by Gasteiger charge is -2.23. The molecule has 1 saturated heterocycles. The number of nitrogens with one attached hydrogen (secondary N) is 1. The fraction of sp³-hybridized carbons (Fsp3) is 0.500. The first-order chi connectivity index (χ1) is 8.70. The number of rotatable bonds is 4. The minimum atomic E-state index is -0.465. The molecule has 0 unspecified atom stereocenters. The normalized spacial score (nSPS) is 15.4. The van der Waals surface area contributed by atoms with Crippen LogP contribution in [-0.4, -0.2) is 31.2 Å². The molecule has 0 radical (unpaired) electrons. The van der Waals surface area contributed by atoms with E-state index < -0.39 is 4.92 Å². The first-order valence-corrected chi connectivity index (χ1v) is 5.90. The van der Waals surface area contributed by atoms with Crippen LogP contribution in [0.15, 0.2) is 18.2 Å². The fourth-order valence-electron chi connectivity index (χ4n) is 1.99. The van der Waals surface area contributed by atoms with Crippen molar-refractivity contribution in [1.29, 1.82) is 0 Å². The Labute approximate surface area is 117 Å². The molecule has 0 spiro atoms. The molecule has 0 atom stereocenters. The molecule has 1 heterocycles. The Morgan fingerprint density at radius 3 is 2.63 bits per heavy atom. The molecular weight excluding hydrogens is 272 g/mol. The Balaban J connectivity index is 0.00000180. The number of hydrogen-bond donors (Lipinski definition) is 1. The molecular formula is C12H17ClN2O4. The maximum atomic E-state index is 10.8. The van der Waals surface area contributed by atoms with Gasteiger partial charge in [-0.15, -0.1) is 12.4 Å². The number of nitro benzene ring substituents is 1. The maximum Gasteiger partial charge on any atom is 0.311 e. The standard InChI is InChI=1S/C12H16N2O4.ClH/c1-17-12-8-10(2-3-11(12)14(15)16)18-9-4-6-13-7-5-9;/h2-3,8-9,13H,4-7H2,1H3;1H. The second kappa shape index (κ2) is 7.16. The highest BCUT2D eigenvalue weighted by atomic mass is 35.5. The number of benzene rings is 1. The summed E-state index contributed by atoms with van der Waals surface area (Å²) in [5, 5.41) is 14.0. The molecule has 1 aliphatic heterocycles. The molecule has 0 aromatic heterocycles. The number of piperidine rings is 1. The Hall–Kier alpha value is -1.53. The van der Waals surface area contributed by atoms with Crippen molar-refractivity contribution in [3.63, 3.8) is 0 Å². The number of methoxy groups -OCH3 is 1. The molecule has 19 heavy (non-hydrogen) atoms. The highest BCUT2D eigenvalue weighted by Crippen LogP contribution is 2.31. The smallest absolute Gasteiger partial charge is 0.311 e. The van der Waals surface area contributed by atoms with Gasteiger partial charge in [0.15, 0.2) is 0 Å². The number of hydrogen-bond acceptors (Lipinski definition) is 5. The lowest BCUT2D eigenvalue weighted by molar-refractivity contribution is -0.385. The zero-order valence-corrected chi connectivity index (χ0v) is 11.4. The summed E-state index contributed by atoms with van der Waals surface area (Å²) in [6, 6.07) is 4.60. The average Bonchev–Trinajstić information content (AvgIpc) is 2.39. The summed E-state index contributed by atoms with van der Waals surface area (Å²) in [5.41, 5.74) is -0.0461. The first kappa shape index (κ1) is 15.5. The van der Waals surface area contributed by atoms with Crippen molar-refractivity contribution >= 4 is 18.1 Å². The molecule has 0 aliphatic carbocycles. The zero-order valence-electron chi connectivity index (χ0n) is 10.6. The van der Waals surface area contributed by atoms with Gasteiger partial charge in [0.1, 0.15) is 11.9 Å². The van der Waals surface area contributed by atoms with Crippen LogP contribution >= 0.6 is 12.4 Å². The zero-order chi connectivity index (χ0) is 13.0. The van der Waals surface area contributed by atoms with Gasteiger partial charge in [-0.2, -0.15) is 0 Å². The molecule has 0 amide bonds. The van der Waals surface area contributed by atoms with Gasteiger partial charge in [0.2, 0.25) is 5.75 Å². The number of halogens is 1. The van der Waals surface area contributed by atoms with Crippen molar-refractivity contribution in [3.8, 4) is 11.5 Å². The first-order valence-electron chi connectivity index (χ1n) is 5.90. The van der Waals surface area contributed by atoms with Gasteiger partial charge in [0.05, 0.1) is 12.0 Å². The van der Waals surface area contributed by atoms with Crippen LogP contribution in [0.2, 0.25) is 0 Å². The molecule has 0 saturated carbocycles. The minimum absolute atomic E-state index is 0. The predicted molar refractivity (Wildman–Crippen MR) is 73.4 cm³/mol. The summed E-state index contributed by atoms with van der Waals surface area (Å²) in [4.78, 5) is 10.3. The third kappa shape index (κ3) is 3.97. The molecule has 2 rings (SSSR count). The Morgan fingerprint density at radius 2 is 2.05 bits per heavy atom. The molecule has 0 bridgehead atoms. The van der Waals surface area contributed by atoms with Crippen molar-refractivity contribution < 1.29 is 14.4 Å². The average molecular weight is 289 g/mol. The third-order valence-corrected chi connectivity index (χ3v) is 2.94. The van der Waals surface area contributed by atoms with Crippen LogP contribution in [0.3, 0.4) is 0 Å². The second-order valence-electron chi connectivity index (χ2n) is 4.16. The summed E-state index contributed by atoms with van der Waals surface area (Å²) in [6.07, 6.45) is 2.05. The van der Waals surface area contributed by atoms with Crippen LogP contribution in [-0.2, 0) is 0 Å². The van der Waals surface area contributed by atoms with E-state index in [9.17, 15) is 10.1 Å². The van der Waals surface area contributed by atoms with Gasteiger partial charge >= 0.3 is 5.69 Å². The Kier molecular flexibility index (Phi) is 5.85. The monoisotopic (exact) mass is 288 g/mol. The van der Waals surface area contributed by atoms with E-state index in [0.717, 1.165) is 25.9 Å². The highest BCUT2D eigenvalue weighted by Gasteiger charge is 2.18. The van der Waals surface area contributed by atoms with E-state index >= 15 is 0 Å². The lowest BCUT2D eigenvalue weighted by atomic mass is 10.1. The van der Waals surface area contributed by atoms with E-state index in [-0.39, 0.29) is 29.9 Å². The topological polar surface area (TPSA) is 73.6 Å². The van der Waals surface area contributed by atoms with Gasteiger partial charge in [-0.1, -0.05) is 0 Å². The molecule has 1 N–H and O–H groups in total. The number of ether oxygens (including phenoxy) is 2. The van der Waals surface area contributed by atoms with Crippen LogP contribution in [0.25, 0.3) is 0 Å². The molecule has 7 heteroatoms. The summed E-state index contributed by atoms with van der Waals surface area (Å²) >= 11 is 0. The van der Waals surface area contributed by atoms with Crippen LogP contribution in [0, 0.1) is 10.1 Å². The molecule has 6 nitrogen and oxygen atoms in total. The van der Waals surface area contributed by atoms with E-state index in [2.05, 4.69) is 5.32 Å². The van der Waals surface area contributed by atoms with Crippen molar-refractivity contribution in [2.24, 2.45) is 0 Å². The SMILES string of the molecule is COc1cc(OC2CCNCC2)ccc1[N+](=O)[O-].Cl. The molecule has 1 aromatic carbocycles. The van der Waals surface area contributed by atoms with E-state index in [0.29, 0.717) is 5.75 Å². The number of nitro groups is 1. The quantitative estimate of drug-likeness (QED) is 0.679. The summed E-state index contributed by atoms with van der Waals surface area (Å²) in [6.45, 7) is 1.88. The minimum Gasteiger partial charge on any atom is -0.490 e. The third-order valence-electron chi connectivity index (χ3n) is 2.94. The predicted octanol–water partition coefficient (Wildman–Crippen LogP) is 2.16. The summed E-state index contributed by atoms with van der Waals surface area (Å²) in [7, 11) is 1.41. The van der Waals surface area contributed by atoms with Gasteiger partial charge in [0.25, 0.3) is 0 Å². The van der Waals surface area contributed by atoms with E-state index in [1.54, 1.807) is 12.1 Å². The summed E-state index contributed by atoms with van der Waals surface area (Å²) in [5.74, 6) is 0.843. The summed E-state index contributed by atoms with van der Waals surface area (Å²) < 4.78 is 10.8. The molecule has 1 fully saturated rings. The second-order valence-corrected chi connectivity index (χ2v) is 4.16. The maximum absolute atomic E-state index is 10.8. The molecule has 1 aliphatic rings. The molecule has 1 aromatic rings. The molecule has 106 valence electrons. The van der Waals surface area contributed by atoms with Gasteiger partial charge in [-0.3, -0.25) is 10.1 Å². The van der Waals surface area contributed by atoms with Crippen LogP contribution < -0.4 is 14.8 Å². The van der Waals surface area contributed by atoms with E-state index in [1.807, 2.05) is 0 Å². The van der Waals surface area contributed by atoms with Crippen molar-refractivity contribution in [2.45, 2.75) is 18.9 Å². The Morgan fingerprint density at radius 1 is 1.37 bits per heavy atom. The van der Waals surface area contributed by atoms with Gasteiger partial charge in [-0.25, -0.2) is 0 Å². The van der Waals surface area contributed by atoms with Crippen molar-refractivity contribution in [1.82, 2.24) is 5.32 Å². The van der Waals surface area contributed by atoms with Crippen molar-refractivity contribution in [3.05, 3.63) is 28.3 Å². The van der Waals surface area contributed by atoms with E-state index in [1.165, 1.54) is 13.2 Å².